The second kappa shape index (κ2) is 4.50. The minimum atomic E-state index is 0.447. The SMILES string of the molecule is CCCC1(CNc2cc(N)cc(Cl)n2)CC1. The molecule has 0 radical (unpaired) electrons. The number of halogens is 1. The van der Waals surface area contributed by atoms with Crippen LogP contribution in [-0.4, -0.2) is 11.5 Å². The van der Waals surface area contributed by atoms with E-state index < -0.39 is 0 Å². The lowest BCUT2D eigenvalue weighted by atomic mass is 10.0. The lowest BCUT2D eigenvalue weighted by Crippen LogP contribution is -2.16. The normalized spacial score (nSPS) is 17.1. The summed E-state index contributed by atoms with van der Waals surface area (Å²) < 4.78 is 0. The van der Waals surface area contributed by atoms with Crippen LogP contribution in [0.5, 0.6) is 0 Å². The number of rotatable bonds is 5. The highest BCUT2D eigenvalue weighted by atomic mass is 35.5. The molecule has 1 saturated carbocycles. The molecule has 2 rings (SSSR count). The van der Waals surface area contributed by atoms with Gasteiger partial charge in [-0.2, -0.15) is 0 Å². The third-order valence-corrected chi connectivity index (χ3v) is 3.39. The molecule has 0 atom stereocenters. The van der Waals surface area contributed by atoms with E-state index in [0.29, 0.717) is 16.3 Å². The molecule has 1 aromatic rings. The van der Waals surface area contributed by atoms with E-state index in [9.17, 15) is 0 Å². The molecule has 0 saturated heterocycles. The average molecular weight is 240 g/mol. The number of nitrogen functional groups attached to an aromatic ring is 1. The van der Waals surface area contributed by atoms with Crippen LogP contribution in [0.4, 0.5) is 11.5 Å². The summed E-state index contributed by atoms with van der Waals surface area (Å²) in [7, 11) is 0. The van der Waals surface area contributed by atoms with Gasteiger partial charge in [0.05, 0.1) is 0 Å². The Hall–Kier alpha value is -0.960. The number of nitrogens with zero attached hydrogens (tertiary/aromatic N) is 1. The first-order valence-electron chi connectivity index (χ1n) is 5.80. The van der Waals surface area contributed by atoms with E-state index in [-0.39, 0.29) is 0 Å². The standard InChI is InChI=1S/C12H18ClN3/c1-2-3-12(4-5-12)8-15-11-7-9(14)6-10(13)16-11/h6-7H,2-5,8H2,1H3,(H3,14,15,16). The largest absolute Gasteiger partial charge is 0.399 e. The average Bonchev–Trinajstić information content (AvgIpc) is 2.95. The Balaban J connectivity index is 1.94. The molecule has 3 N–H and O–H groups in total. The number of pyridine rings is 1. The molecular weight excluding hydrogens is 222 g/mol. The predicted molar refractivity (Wildman–Crippen MR) is 68.7 cm³/mol. The Kier molecular flexibility index (Phi) is 3.24. The summed E-state index contributed by atoms with van der Waals surface area (Å²) in [5, 5.41) is 3.79. The zero-order valence-corrected chi connectivity index (χ0v) is 10.3. The van der Waals surface area contributed by atoms with E-state index in [1.54, 1.807) is 6.07 Å². The molecule has 0 amide bonds. The highest BCUT2D eigenvalue weighted by Gasteiger charge is 2.41. The molecule has 0 spiro atoms. The number of hydrogen-bond donors (Lipinski definition) is 2. The number of nitrogens with one attached hydrogen (secondary N) is 1. The minimum Gasteiger partial charge on any atom is -0.399 e. The molecule has 0 bridgehead atoms. The maximum absolute atomic E-state index is 5.85. The molecule has 0 aromatic carbocycles. The van der Waals surface area contributed by atoms with E-state index in [0.717, 1.165) is 12.4 Å². The summed E-state index contributed by atoms with van der Waals surface area (Å²) in [6.45, 7) is 3.21. The fourth-order valence-electron chi connectivity index (χ4n) is 2.11. The van der Waals surface area contributed by atoms with Crippen LogP contribution in [0.2, 0.25) is 5.15 Å². The number of aromatic nitrogens is 1. The van der Waals surface area contributed by atoms with E-state index in [4.69, 9.17) is 17.3 Å². The fraction of sp³-hybridized carbons (Fsp3) is 0.583. The summed E-state index contributed by atoms with van der Waals surface area (Å²) in [5.74, 6) is 0.785. The molecule has 0 unspecified atom stereocenters. The first kappa shape index (κ1) is 11.5. The van der Waals surface area contributed by atoms with Crippen molar-refractivity contribution in [2.75, 3.05) is 17.6 Å². The van der Waals surface area contributed by atoms with Crippen molar-refractivity contribution in [3.05, 3.63) is 17.3 Å². The minimum absolute atomic E-state index is 0.447. The summed E-state index contributed by atoms with van der Waals surface area (Å²) in [5.41, 5.74) is 6.87. The zero-order chi connectivity index (χ0) is 11.6. The van der Waals surface area contributed by atoms with E-state index in [2.05, 4.69) is 17.2 Å². The molecular formula is C12H18ClN3. The van der Waals surface area contributed by atoms with Crippen molar-refractivity contribution in [1.82, 2.24) is 4.98 Å². The van der Waals surface area contributed by atoms with Crippen LogP contribution in [0.15, 0.2) is 12.1 Å². The van der Waals surface area contributed by atoms with E-state index >= 15 is 0 Å². The molecule has 1 aliphatic rings. The highest BCUT2D eigenvalue weighted by Crippen LogP contribution is 2.49. The molecule has 1 heterocycles. The monoisotopic (exact) mass is 239 g/mol. The van der Waals surface area contributed by atoms with Crippen LogP contribution in [-0.2, 0) is 0 Å². The number of nitrogens with two attached hydrogens (primary N) is 1. The Bertz CT molecular complexity index is 354. The second-order valence-corrected chi connectivity index (χ2v) is 5.10. The van der Waals surface area contributed by atoms with Gasteiger partial charge in [0.15, 0.2) is 0 Å². The van der Waals surface area contributed by atoms with Crippen LogP contribution in [0.25, 0.3) is 0 Å². The fourth-order valence-corrected chi connectivity index (χ4v) is 2.32. The van der Waals surface area contributed by atoms with Gasteiger partial charge in [-0.1, -0.05) is 24.9 Å². The van der Waals surface area contributed by atoms with Gasteiger partial charge in [0.25, 0.3) is 0 Å². The first-order valence-corrected chi connectivity index (χ1v) is 6.18. The molecule has 16 heavy (non-hydrogen) atoms. The summed E-state index contributed by atoms with van der Waals surface area (Å²) >= 11 is 5.85. The quantitative estimate of drug-likeness (QED) is 0.776. The number of anilines is 2. The predicted octanol–water partition coefficient (Wildman–Crippen LogP) is 3.31. The van der Waals surface area contributed by atoms with Crippen molar-refractivity contribution in [3.8, 4) is 0 Å². The van der Waals surface area contributed by atoms with Crippen molar-refractivity contribution in [1.29, 1.82) is 0 Å². The van der Waals surface area contributed by atoms with Gasteiger partial charge in [-0.05, 0) is 30.7 Å². The van der Waals surface area contributed by atoms with Gasteiger partial charge in [0, 0.05) is 18.3 Å². The smallest absolute Gasteiger partial charge is 0.133 e. The van der Waals surface area contributed by atoms with Crippen LogP contribution in [0.3, 0.4) is 0 Å². The van der Waals surface area contributed by atoms with E-state index in [1.807, 2.05) is 6.07 Å². The van der Waals surface area contributed by atoms with Gasteiger partial charge in [-0.25, -0.2) is 4.98 Å². The Morgan fingerprint density at radius 1 is 1.50 bits per heavy atom. The lowest BCUT2D eigenvalue weighted by Gasteiger charge is -2.15. The maximum Gasteiger partial charge on any atom is 0.133 e. The Labute approximate surface area is 101 Å². The van der Waals surface area contributed by atoms with Crippen LogP contribution in [0.1, 0.15) is 32.6 Å². The van der Waals surface area contributed by atoms with Crippen molar-refractivity contribution in [3.63, 3.8) is 0 Å². The van der Waals surface area contributed by atoms with Crippen LogP contribution >= 0.6 is 11.6 Å². The third kappa shape index (κ3) is 2.79. The Morgan fingerprint density at radius 2 is 2.25 bits per heavy atom. The van der Waals surface area contributed by atoms with Gasteiger partial charge in [-0.15, -0.1) is 0 Å². The second-order valence-electron chi connectivity index (χ2n) is 4.71. The van der Waals surface area contributed by atoms with Crippen LogP contribution < -0.4 is 11.1 Å². The zero-order valence-electron chi connectivity index (χ0n) is 9.59. The van der Waals surface area contributed by atoms with Crippen molar-refractivity contribution in [2.24, 2.45) is 5.41 Å². The van der Waals surface area contributed by atoms with Gasteiger partial charge in [-0.3, -0.25) is 0 Å². The molecule has 4 heteroatoms. The third-order valence-electron chi connectivity index (χ3n) is 3.20. The molecule has 3 nitrogen and oxygen atoms in total. The van der Waals surface area contributed by atoms with Gasteiger partial charge < -0.3 is 11.1 Å². The summed E-state index contributed by atoms with van der Waals surface area (Å²) in [6.07, 6.45) is 5.18. The van der Waals surface area contributed by atoms with Gasteiger partial charge in [0.1, 0.15) is 11.0 Å². The molecule has 1 fully saturated rings. The molecule has 1 aliphatic carbocycles. The summed E-state index contributed by atoms with van der Waals surface area (Å²) in [6, 6.07) is 3.49. The van der Waals surface area contributed by atoms with Crippen molar-refractivity contribution in [2.45, 2.75) is 32.6 Å². The van der Waals surface area contributed by atoms with Crippen molar-refractivity contribution < 1.29 is 0 Å². The van der Waals surface area contributed by atoms with Crippen molar-refractivity contribution >= 4 is 23.1 Å². The molecule has 88 valence electrons. The van der Waals surface area contributed by atoms with Crippen LogP contribution in [0, 0.1) is 5.41 Å². The Morgan fingerprint density at radius 3 is 2.81 bits per heavy atom. The maximum atomic E-state index is 5.85. The van der Waals surface area contributed by atoms with Gasteiger partial charge >= 0.3 is 0 Å². The van der Waals surface area contributed by atoms with E-state index in [1.165, 1.54) is 25.7 Å². The van der Waals surface area contributed by atoms with Gasteiger partial charge in [0.2, 0.25) is 0 Å². The number of hydrogen-bond acceptors (Lipinski definition) is 3. The lowest BCUT2D eigenvalue weighted by molar-refractivity contribution is 0.485. The first-order chi connectivity index (χ1) is 7.63. The summed E-state index contributed by atoms with van der Waals surface area (Å²) in [4.78, 5) is 4.20. The topological polar surface area (TPSA) is 50.9 Å². The highest BCUT2D eigenvalue weighted by molar-refractivity contribution is 6.29. The molecule has 0 aliphatic heterocycles. The molecule has 1 aromatic heterocycles.